The summed E-state index contributed by atoms with van der Waals surface area (Å²) in [6, 6.07) is 12.9. The van der Waals surface area contributed by atoms with Gasteiger partial charge in [-0.1, -0.05) is 56.3 Å². The van der Waals surface area contributed by atoms with Crippen LogP contribution in [0.4, 0.5) is 0 Å². The number of unbranched alkanes of at least 4 members (excludes halogenated alkanes) is 3. The Hall–Kier alpha value is -3.03. The number of nitrogens with one attached hydrogen (secondary N) is 2. The lowest BCUT2D eigenvalue weighted by atomic mass is 10.1. The summed E-state index contributed by atoms with van der Waals surface area (Å²) >= 11 is 1.72. The first kappa shape index (κ1) is 28.2. The minimum Gasteiger partial charge on any atom is -0.383 e. The van der Waals surface area contributed by atoms with Crippen molar-refractivity contribution in [1.29, 1.82) is 0 Å². The van der Waals surface area contributed by atoms with E-state index in [4.69, 9.17) is 11.5 Å². The van der Waals surface area contributed by atoms with Gasteiger partial charge in [0.1, 0.15) is 5.82 Å². The summed E-state index contributed by atoms with van der Waals surface area (Å²) in [6.07, 6.45) is 4.37. The molecule has 7 heteroatoms. The fourth-order valence-electron chi connectivity index (χ4n) is 3.32. The monoisotopic (exact) mass is 492 g/mol. The van der Waals surface area contributed by atoms with Gasteiger partial charge in [-0.05, 0) is 80.5 Å². The van der Waals surface area contributed by atoms with Gasteiger partial charge >= 0.3 is 0 Å². The summed E-state index contributed by atoms with van der Waals surface area (Å²) in [6.45, 7) is 17.3. The van der Waals surface area contributed by atoms with Crippen molar-refractivity contribution in [3.05, 3.63) is 77.8 Å². The van der Waals surface area contributed by atoms with E-state index in [-0.39, 0.29) is 0 Å². The highest BCUT2D eigenvalue weighted by molar-refractivity contribution is 7.97. The highest BCUT2D eigenvalue weighted by atomic mass is 32.2. The molecule has 0 amide bonds. The maximum Gasteiger partial charge on any atom is 0.193 e. The van der Waals surface area contributed by atoms with E-state index in [1.54, 1.807) is 11.9 Å². The van der Waals surface area contributed by atoms with Crippen molar-refractivity contribution in [2.75, 3.05) is 13.1 Å². The molecule has 2 rings (SSSR count). The van der Waals surface area contributed by atoms with Crippen LogP contribution in [0.25, 0.3) is 10.8 Å². The number of benzene rings is 2. The van der Waals surface area contributed by atoms with E-state index in [0.29, 0.717) is 24.0 Å². The lowest BCUT2D eigenvalue weighted by Crippen LogP contribution is -2.31. The average Bonchev–Trinajstić information content (AvgIpc) is 2.82. The topological polar surface area (TPSA) is 101 Å². The van der Waals surface area contributed by atoms with Gasteiger partial charge in [-0.3, -0.25) is 9.71 Å². The van der Waals surface area contributed by atoms with Crippen LogP contribution in [0.3, 0.4) is 0 Å². The van der Waals surface area contributed by atoms with Crippen LogP contribution in [0.15, 0.2) is 87.1 Å². The number of rotatable bonds is 13. The Morgan fingerprint density at radius 1 is 0.943 bits per heavy atom. The quantitative estimate of drug-likeness (QED) is 0.0910. The third-order valence-electron chi connectivity index (χ3n) is 5.77. The molecule has 2 aromatic carbocycles. The van der Waals surface area contributed by atoms with Crippen LogP contribution >= 0.6 is 11.9 Å². The average molecular weight is 493 g/mol. The number of hydrogen-bond donors (Lipinski definition) is 4. The third kappa shape index (κ3) is 9.26. The Bertz CT molecular complexity index is 1130. The van der Waals surface area contributed by atoms with Crippen molar-refractivity contribution >= 4 is 34.4 Å². The second-order valence-corrected chi connectivity index (χ2v) is 9.63. The van der Waals surface area contributed by atoms with E-state index >= 15 is 0 Å². The molecule has 0 aliphatic carbocycles. The van der Waals surface area contributed by atoms with Crippen molar-refractivity contribution in [1.82, 2.24) is 10.0 Å². The van der Waals surface area contributed by atoms with Crippen LogP contribution in [0, 0.1) is 6.92 Å². The largest absolute Gasteiger partial charge is 0.383 e. The molecule has 0 saturated heterocycles. The summed E-state index contributed by atoms with van der Waals surface area (Å²) in [5.41, 5.74) is 16.3. The maximum atomic E-state index is 6.05. The molecule has 6 N–H and O–H groups in total. The first-order valence-electron chi connectivity index (χ1n) is 12.0. The Labute approximate surface area is 214 Å². The first-order chi connectivity index (χ1) is 16.7. The molecule has 0 spiro atoms. The summed E-state index contributed by atoms with van der Waals surface area (Å²) in [4.78, 5) is 10.0. The maximum absolute atomic E-state index is 6.05. The zero-order valence-corrected chi connectivity index (χ0v) is 22.4. The number of allylic oxidation sites excluding steroid dienone is 2. The summed E-state index contributed by atoms with van der Waals surface area (Å²) in [5, 5.41) is 5.63. The highest BCUT2D eigenvalue weighted by Crippen LogP contribution is 2.28. The predicted octanol–water partition coefficient (Wildman–Crippen LogP) is 5.95. The Balaban J connectivity index is 1.65. The summed E-state index contributed by atoms with van der Waals surface area (Å²) < 4.78 is 3.50. The fraction of sp³-hybridized carbons (Fsp3) is 0.357. The molecule has 2 aromatic rings. The van der Waals surface area contributed by atoms with Crippen LogP contribution < -0.4 is 21.5 Å². The van der Waals surface area contributed by atoms with Gasteiger partial charge in [-0.2, -0.15) is 0 Å². The van der Waals surface area contributed by atoms with E-state index in [1.165, 1.54) is 21.2 Å². The minimum atomic E-state index is 0.339. The lowest BCUT2D eigenvalue weighted by Gasteiger charge is -2.11. The molecule has 0 unspecified atom stereocenters. The summed E-state index contributed by atoms with van der Waals surface area (Å²) in [5.74, 6) is 0.726. The van der Waals surface area contributed by atoms with Gasteiger partial charge in [0.25, 0.3) is 0 Å². The number of nitrogens with zero attached hydrogens (tertiary/aromatic N) is 2. The summed E-state index contributed by atoms with van der Waals surface area (Å²) in [7, 11) is 0. The fourth-order valence-corrected chi connectivity index (χ4v) is 4.16. The first-order valence-corrected chi connectivity index (χ1v) is 12.8. The van der Waals surface area contributed by atoms with Gasteiger partial charge in [-0.15, -0.1) is 0 Å². The standard InChI is InChI=1S/C28H40N6S/c1-19(2)22(5)33-27(29)21(4)23(6)34-28(30)31-17-9-7-8-10-18-32-35-26-16-12-14-24-20(3)13-11-15-25(24)26/h11-16,32H,1,6-10,17-18,29H2,2-5H3,(H3,30,31,34)/b27-21+,33-22-. The molecule has 0 saturated carbocycles. The zero-order chi connectivity index (χ0) is 25.8. The van der Waals surface area contributed by atoms with Crippen molar-refractivity contribution in [2.24, 2.45) is 21.5 Å². The van der Waals surface area contributed by atoms with E-state index < -0.39 is 0 Å². The molecule has 6 nitrogen and oxygen atoms in total. The van der Waals surface area contributed by atoms with Crippen molar-refractivity contribution < 1.29 is 0 Å². The lowest BCUT2D eigenvalue weighted by molar-refractivity contribution is 0.643. The molecule has 188 valence electrons. The number of aryl methyl sites for hydroxylation is 1. The number of nitrogens with two attached hydrogens (primary N) is 2. The molecule has 35 heavy (non-hydrogen) atoms. The highest BCUT2D eigenvalue weighted by Gasteiger charge is 2.05. The van der Waals surface area contributed by atoms with Crippen LogP contribution in [-0.2, 0) is 0 Å². The molecule has 0 bridgehead atoms. The van der Waals surface area contributed by atoms with E-state index in [2.05, 4.69) is 76.5 Å². The minimum absolute atomic E-state index is 0.339. The number of guanidine groups is 1. The molecule has 0 aliphatic rings. The molecule has 0 atom stereocenters. The molecular weight excluding hydrogens is 452 g/mol. The predicted molar refractivity (Wildman–Crippen MR) is 155 cm³/mol. The number of hydrogen-bond acceptors (Lipinski definition) is 5. The Morgan fingerprint density at radius 2 is 1.63 bits per heavy atom. The third-order valence-corrected chi connectivity index (χ3v) is 6.70. The molecule has 0 aliphatic heterocycles. The van der Waals surface area contributed by atoms with E-state index in [9.17, 15) is 0 Å². The van der Waals surface area contributed by atoms with E-state index in [0.717, 1.165) is 49.1 Å². The second kappa shape index (κ2) is 14.4. The van der Waals surface area contributed by atoms with Crippen molar-refractivity contribution in [3.8, 4) is 0 Å². The van der Waals surface area contributed by atoms with E-state index in [1.807, 2.05) is 20.8 Å². The van der Waals surface area contributed by atoms with Crippen LogP contribution in [0.1, 0.15) is 52.0 Å². The molecule has 0 aromatic heterocycles. The van der Waals surface area contributed by atoms with Gasteiger partial charge < -0.3 is 16.8 Å². The van der Waals surface area contributed by atoms with Crippen LogP contribution in [0.2, 0.25) is 0 Å². The Morgan fingerprint density at radius 3 is 2.37 bits per heavy atom. The second-order valence-electron chi connectivity index (χ2n) is 8.70. The van der Waals surface area contributed by atoms with Crippen LogP contribution in [-0.4, -0.2) is 24.8 Å². The SMILES string of the molecule is C=C(C)/C(C)=N\C(N)=C(/C)C(=C)NC(N)=NCCCCCCNSc1cccc2c(C)cccc12. The van der Waals surface area contributed by atoms with Crippen LogP contribution in [0.5, 0.6) is 0 Å². The molecule has 0 heterocycles. The van der Waals surface area contributed by atoms with Gasteiger partial charge in [0.05, 0.1) is 0 Å². The van der Waals surface area contributed by atoms with Gasteiger partial charge in [0.15, 0.2) is 5.96 Å². The molecule has 0 fully saturated rings. The normalized spacial score (nSPS) is 13.0. The number of fused-ring (bicyclic) bond motifs is 1. The molecular formula is C28H40N6S. The van der Waals surface area contributed by atoms with Crippen molar-refractivity contribution in [2.45, 2.75) is 58.3 Å². The number of aliphatic imine (C=N–C) groups is 2. The van der Waals surface area contributed by atoms with Crippen molar-refractivity contribution in [3.63, 3.8) is 0 Å². The van der Waals surface area contributed by atoms with Gasteiger partial charge in [0.2, 0.25) is 0 Å². The smallest absolute Gasteiger partial charge is 0.193 e. The molecule has 0 radical (unpaired) electrons. The van der Waals surface area contributed by atoms with Gasteiger partial charge in [0, 0.05) is 35.0 Å². The zero-order valence-electron chi connectivity index (χ0n) is 21.6. The Kier molecular flexibility index (Phi) is 11.6. The van der Waals surface area contributed by atoms with Gasteiger partial charge in [-0.25, -0.2) is 4.99 Å².